The molecule has 0 aromatic heterocycles. The smallest absolute Gasteiger partial charge is 0.185 e. The van der Waals surface area contributed by atoms with E-state index in [1.807, 2.05) is 0 Å². The van der Waals surface area contributed by atoms with E-state index in [1.165, 1.54) is 5.57 Å². The van der Waals surface area contributed by atoms with Crippen LogP contribution >= 0.6 is 0 Å². The van der Waals surface area contributed by atoms with E-state index in [1.54, 1.807) is 20.8 Å². The minimum absolute atomic E-state index is 0.0118. The molecule has 0 bridgehead atoms. The molecule has 2 heteroatoms. The van der Waals surface area contributed by atoms with Gasteiger partial charge in [0, 0.05) is 22.3 Å². The van der Waals surface area contributed by atoms with E-state index < -0.39 is 0 Å². The molecule has 98 valence electrons. The van der Waals surface area contributed by atoms with Crippen molar-refractivity contribution in [1.82, 2.24) is 0 Å². The van der Waals surface area contributed by atoms with Gasteiger partial charge in [0.05, 0.1) is 0 Å². The first-order valence-corrected chi connectivity index (χ1v) is 6.40. The van der Waals surface area contributed by atoms with Crippen LogP contribution in [0.25, 0.3) is 0 Å². The molecule has 0 amide bonds. The third kappa shape index (κ3) is 2.69. The number of carbonyl (C=O) groups is 2. The van der Waals surface area contributed by atoms with Crippen molar-refractivity contribution in [3.8, 4) is 0 Å². The van der Waals surface area contributed by atoms with Crippen LogP contribution in [-0.4, -0.2) is 11.6 Å². The molecule has 1 rings (SSSR count). The van der Waals surface area contributed by atoms with Gasteiger partial charge in [-0.15, -0.1) is 0 Å². The van der Waals surface area contributed by atoms with Gasteiger partial charge in [-0.2, -0.15) is 0 Å². The van der Waals surface area contributed by atoms with E-state index in [0.29, 0.717) is 34.6 Å². The first kappa shape index (κ1) is 14.6. The highest BCUT2D eigenvalue weighted by Crippen LogP contribution is 2.27. The molecule has 0 aromatic rings. The van der Waals surface area contributed by atoms with Crippen molar-refractivity contribution in [3.05, 3.63) is 33.9 Å². The van der Waals surface area contributed by atoms with Crippen molar-refractivity contribution < 1.29 is 9.59 Å². The summed E-state index contributed by atoms with van der Waals surface area (Å²) < 4.78 is 0. The van der Waals surface area contributed by atoms with Gasteiger partial charge in [-0.05, 0) is 40.0 Å². The highest BCUT2D eigenvalue weighted by Gasteiger charge is 2.26. The minimum atomic E-state index is 0.0118. The monoisotopic (exact) mass is 246 g/mol. The molecule has 1 aliphatic rings. The fourth-order valence-electron chi connectivity index (χ4n) is 1.90. The quantitative estimate of drug-likeness (QED) is 0.561. The predicted octanol–water partition coefficient (Wildman–Crippen LogP) is 3.78. The molecule has 0 N–H and O–H groups in total. The molecule has 0 aromatic carbocycles. The van der Waals surface area contributed by atoms with Crippen LogP contribution in [0.4, 0.5) is 0 Å². The molecule has 0 heterocycles. The summed E-state index contributed by atoms with van der Waals surface area (Å²) in [6, 6.07) is 0. The van der Waals surface area contributed by atoms with Crippen molar-refractivity contribution >= 4 is 11.6 Å². The van der Waals surface area contributed by atoms with Gasteiger partial charge in [-0.1, -0.05) is 25.5 Å². The summed E-state index contributed by atoms with van der Waals surface area (Å²) in [5.41, 5.74) is 3.69. The Balaban J connectivity index is 3.06. The number of hydrogen-bond donors (Lipinski definition) is 0. The van der Waals surface area contributed by atoms with Gasteiger partial charge < -0.3 is 0 Å². The molecule has 18 heavy (non-hydrogen) atoms. The fourth-order valence-corrected chi connectivity index (χ4v) is 1.90. The molecule has 0 radical (unpaired) electrons. The van der Waals surface area contributed by atoms with Crippen LogP contribution in [0, 0.1) is 5.92 Å². The first-order valence-electron chi connectivity index (χ1n) is 6.40. The minimum Gasteiger partial charge on any atom is -0.289 e. The van der Waals surface area contributed by atoms with Gasteiger partial charge >= 0.3 is 0 Å². The molecular weight excluding hydrogens is 224 g/mol. The Kier molecular flexibility index (Phi) is 4.44. The van der Waals surface area contributed by atoms with Crippen LogP contribution in [0.1, 0.15) is 48.0 Å². The molecule has 0 unspecified atom stereocenters. The van der Waals surface area contributed by atoms with Crippen LogP contribution < -0.4 is 0 Å². The van der Waals surface area contributed by atoms with Gasteiger partial charge in [0.2, 0.25) is 0 Å². The lowest BCUT2D eigenvalue weighted by Gasteiger charge is -2.18. The summed E-state index contributed by atoms with van der Waals surface area (Å²) in [7, 11) is 0. The normalized spacial score (nSPS) is 18.3. The van der Waals surface area contributed by atoms with Crippen LogP contribution in [0.15, 0.2) is 33.9 Å². The summed E-state index contributed by atoms with van der Waals surface area (Å²) in [6.45, 7) is 11.5. The molecule has 1 aliphatic carbocycles. The standard InChI is InChI=1S/C16H22O2/c1-9(2)10(3)7-8-14-13(6)15(17)11(4)12(5)16(14)18/h7,9H,8H2,1-6H3/b10-7+. The van der Waals surface area contributed by atoms with E-state index in [0.717, 1.165) is 0 Å². The lowest BCUT2D eigenvalue weighted by molar-refractivity contribution is -0.116. The molecule has 0 saturated carbocycles. The summed E-state index contributed by atoms with van der Waals surface area (Å²) in [5, 5.41) is 0. The second-order valence-corrected chi connectivity index (χ2v) is 5.32. The largest absolute Gasteiger partial charge is 0.289 e. The van der Waals surface area contributed by atoms with Crippen LogP contribution in [-0.2, 0) is 9.59 Å². The second-order valence-electron chi connectivity index (χ2n) is 5.32. The number of Topliss-reactive ketones (excluding diaryl/α,β-unsaturated/α-hetero) is 2. The lowest BCUT2D eigenvalue weighted by atomic mass is 9.84. The lowest BCUT2D eigenvalue weighted by Crippen LogP contribution is -2.20. The molecule has 2 nitrogen and oxygen atoms in total. The Morgan fingerprint density at radius 1 is 1.00 bits per heavy atom. The van der Waals surface area contributed by atoms with E-state index in [2.05, 4.69) is 26.8 Å². The Morgan fingerprint density at radius 2 is 1.50 bits per heavy atom. The summed E-state index contributed by atoms with van der Waals surface area (Å²) >= 11 is 0. The Morgan fingerprint density at radius 3 is 2.00 bits per heavy atom. The summed E-state index contributed by atoms with van der Waals surface area (Å²) in [5.74, 6) is 0.508. The number of rotatable bonds is 3. The third-order valence-corrected chi connectivity index (χ3v) is 3.85. The zero-order valence-electron chi connectivity index (χ0n) is 12.2. The topological polar surface area (TPSA) is 34.1 Å². The summed E-state index contributed by atoms with van der Waals surface area (Å²) in [4.78, 5) is 24.2. The Hall–Kier alpha value is -1.44. The molecule has 0 spiro atoms. The average molecular weight is 246 g/mol. The maximum atomic E-state index is 12.2. The fraction of sp³-hybridized carbons (Fsp3) is 0.500. The van der Waals surface area contributed by atoms with Crippen molar-refractivity contribution in [3.63, 3.8) is 0 Å². The second kappa shape index (κ2) is 5.47. The maximum absolute atomic E-state index is 12.2. The zero-order valence-corrected chi connectivity index (χ0v) is 12.2. The predicted molar refractivity (Wildman–Crippen MR) is 74.3 cm³/mol. The van der Waals surface area contributed by atoms with Crippen LogP contribution in [0.5, 0.6) is 0 Å². The Labute approximate surface area is 109 Å². The number of carbonyl (C=O) groups excluding carboxylic acids is 2. The van der Waals surface area contributed by atoms with Crippen LogP contribution in [0.2, 0.25) is 0 Å². The molecule has 0 saturated heterocycles. The molecule has 0 aliphatic heterocycles. The van der Waals surface area contributed by atoms with Gasteiger partial charge in [0.1, 0.15) is 0 Å². The van der Waals surface area contributed by atoms with Gasteiger partial charge in [-0.3, -0.25) is 9.59 Å². The first-order chi connectivity index (χ1) is 8.27. The molecule has 0 fully saturated rings. The van der Waals surface area contributed by atoms with Gasteiger partial charge in [0.15, 0.2) is 11.6 Å². The van der Waals surface area contributed by atoms with Crippen LogP contribution in [0.3, 0.4) is 0 Å². The van der Waals surface area contributed by atoms with Crippen molar-refractivity contribution in [2.24, 2.45) is 5.92 Å². The highest BCUT2D eigenvalue weighted by molar-refractivity contribution is 6.24. The van der Waals surface area contributed by atoms with E-state index in [9.17, 15) is 9.59 Å². The third-order valence-electron chi connectivity index (χ3n) is 3.85. The highest BCUT2D eigenvalue weighted by atomic mass is 16.1. The SMILES string of the molecule is CC1=C(C)C(=O)C(C/C=C(\C)C(C)C)=C(C)C1=O. The van der Waals surface area contributed by atoms with Crippen molar-refractivity contribution in [1.29, 1.82) is 0 Å². The number of hydrogen-bond acceptors (Lipinski definition) is 2. The maximum Gasteiger partial charge on any atom is 0.185 e. The van der Waals surface area contributed by atoms with Gasteiger partial charge in [-0.25, -0.2) is 0 Å². The summed E-state index contributed by atoms with van der Waals surface area (Å²) in [6.07, 6.45) is 2.62. The van der Waals surface area contributed by atoms with E-state index >= 15 is 0 Å². The van der Waals surface area contributed by atoms with E-state index in [4.69, 9.17) is 0 Å². The average Bonchev–Trinajstić information content (AvgIpc) is 2.33. The van der Waals surface area contributed by atoms with Gasteiger partial charge in [0.25, 0.3) is 0 Å². The zero-order chi connectivity index (χ0) is 14.0. The number of allylic oxidation sites excluding steroid dienone is 6. The molecular formula is C16H22O2. The molecule has 0 atom stereocenters. The van der Waals surface area contributed by atoms with Crippen molar-refractivity contribution in [2.45, 2.75) is 48.0 Å². The Bertz CT molecular complexity index is 485. The van der Waals surface area contributed by atoms with E-state index in [-0.39, 0.29) is 11.6 Å². The number of ketones is 2. The van der Waals surface area contributed by atoms with Crippen molar-refractivity contribution in [2.75, 3.05) is 0 Å².